The summed E-state index contributed by atoms with van der Waals surface area (Å²) in [5.41, 5.74) is 6.59. The second-order valence-corrected chi connectivity index (χ2v) is 4.38. The van der Waals surface area contributed by atoms with E-state index in [1.54, 1.807) is 12.1 Å². The van der Waals surface area contributed by atoms with Crippen LogP contribution in [-0.4, -0.2) is 19.1 Å². The standard InChI is InChI=1S/C13H21FN2/c1-4-13(15,5-2)10-16(3)12-9-7-6-8-11(12)14/h6-9H,4-5,10,15H2,1-3H3. The zero-order valence-corrected chi connectivity index (χ0v) is 10.3. The molecule has 0 aliphatic heterocycles. The van der Waals surface area contributed by atoms with Gasteiger partial charge in [0.25, 0.3) is 0 Å². The molecule has 0 bridgehead atoms. The molecule has 0 spiro atoms. The lowest BCUT2D eigenvalue weighted by molar-refractivity contribution is 0.398. The molecule has 16 heavy (non-hydrogen) atoms. The SMILES string of the molecule is CCC(N)(CC)CN(C)c1ccccc1F. The van der Waals surface area contributed by atoms with Gasteiger partial charge in [-0.2, -0.15) is 0 Å². The molecule has 0 aromatic heterocycles. The Balaban J connectivity index is 2.80. The van der Waals surface area contributed by atoms with Crippen LogP contribution in [-0.2, 0) is 0 Å². The first-order valence-electron chi connectivity index (χ1n) is 5.77. The Kier molecular flexibility index (Phi) is 4.30. The second-order valence-electron chi connectivity index (χ2n) is 4.38. The Bertz CT molecular complexity index is 334. The molecule has 1 aromatic carbocycles. The number of hydrogen-bond donors (Lipinski definition) is 1. The summed E-state index contributed by atoms with van der Waals surface area (Å²) in [4.78, 5) is 1.89. The van der Waals surface area contributed by atoms with Gasteiger partial charge in [0.2, 0.25) is 0 Å². The lowest BCUT2D eigenvalue weighted by Crippen LogP contribution is -2.48. The number of rotatable bonds is 5. The second kappa shape index (κ2) is 5.30. The van der Waals surface area contributed by atoms with Crippen molar-refractivity contribution in [3.8, 4) is 0 Å². The highest BCUT2D eigenvalue weighted by molar-refractivity contribution is 5.47. The highest BCUT2D eigenvalue weighted by Gasteiger charge is 2.23. The Morgan fingerprint density at radius 1 is 1.25 bits per heavy atom. The van der Waals surface area contributed by atoms with E-state index >= 15 is 0 Å². The third-order valence-corrected chi connectivity index (χ3v) is 3.22. The molecular weight excluding hydrogens is 203 g/mol. The zero-order chi connectivity index (χ0) is 12.2. The van der Waals surface area contributed by atoms with Crippen molar-refractivity contribution in [2.75, 3.05) is 18.5 Å². The van der Waals surface area contributed by atoms with Gasteiger partial charge in [0.15, 0.2) is 0 Å². The number of nitrogens with two attached hydrogens (primary N) is 1. The Hall–Kier alpha value is -1.09. The van der Waals surface area contributed by atoms with E-state index in [2.05, 4.69) is 13.8 Å². The van der Waals surface area contributed by atoms with Crippen molar-refractivity contribution in [2.45, 2.75) is 32.2 Å². The molecular formula is C13H21FN2. The van der Waals surface area contributed by atoms with Crippen LogP contribution in [0.15, 0.2) is 24.3 Å². The van der Waals surface area contributed by atoms with Crippen molar-refractivity contribution < 1.29 is 4.39 Å². The van der Waals surface area contributed by atoms with Crippen LogP contribution >= 0.6 is 0 Å². The van der Waals surface area contributed by atoms with E-state index in [1.165, 1.54) is 6.07 Å². The van der Waals surface area contributed by atoms with Gasteiger partial charge in [-0.25, -0.2) is 4.39 Å². The number of para-hydroxylation sites is 1. The normalized spacial score (nSPS) is 11.6. The Labute approximate surface area is 97.3 Å². The number of benzene rings is 1. The summed E-state index contributed by atoms with van der Waals surface area (Å²) in [6.07, 6.45) is 1.78. The van der Waals surface area contributed by atoms with E-state index in [0.717, 1.165) is 12.8 Å². The van der Waals surface area contributed by atoms with E-state index in [-0.39, 0.29) is 11.4 Å². The van der Waals surface area contributed by atoms with Gasteiger partial charge < -0.3 is 10.6 Å². The van der Waals surface area contributed by atoms with Crippen molar-refractivity contribution in [1.29, 1.82) is 0 Å². The van der Waals surface area contributed by atoms with E-state index < -0.39 is 0 Å². The molecule has 0 unspecified atom stereocenters. The van der Waals surface area contributed by atoms with Crippen molar-refractivity contribution in [3.05, 3.63) is 30.1 Å². The van der Waals surface area contributed by atoms with Gasteiger partial charge in [-0.15, -0.1) is 0 Å². The average molecular weight is 224 g/mol. The monoisotopic (exact) mass is 224 g/mol. The molecule has 0 heterocycles. The molecule has 0 saturated carbocycles. The largest absolute Gasteiger partial charge is 0.370 e. The third-order valence-electron chi connectivity index (χ3n) is 3.22. The fourth-order valence-corrected chi connectivity index (χ4v) is 1.79. The summed E-state index contributed by atoms with van der Waals surface area (Å²) in [5, 5.41) is 0. The molecule has 90 valence electrons. The maximum Gasteiger partial charge on any atom is 0.146 e. The minimum absolute atomic E-state index is 0.195. The maximum atomic E-state index is 13.5. The van der Waals surface area contributed by atoms with Crippen LogP contribution in [0, 0.1) is 5.82 Å². The van der Waals surface area contributed by atoms with E-state index in [9.17, 15) is 4.39 Å². The zero-order valence-electron chi connectivity index (χ0n) is 10.3. The molecule has 0 aliphatic carbocycles. The first-order chi connectivity index (χ1) is 7.52. The smallest absolute Gasteiger partial charge is 0.146 e. The minimum Gasteiger partial charge on any atom is -0.370 e. The highest BCUT2D eigenvalue weighted by atomic mass is 19.1. The van der Waals surface area contributed by atoms with Crippen molar-refractivity contribution in [1.82, 2.24) is 0 Å². The Morgan fingerprint density at radius 2 is 1.81 bits per heavy atom. The van der Waals surface area contributed by atoms with Gasteiger partial charge in [0, 0.05) is 19.1 Å². The summed E-state index contributed by atoms with van der Waals surface area (Å²) in [5.74, 6) is -0.195. The van der Waals surface area contributed by atoms with Crippen LogP contribution in [0.5, 0.6) is 0 Å². The summed E-state index contributed by atoms with van der Waals surface area (Å²) >= 11 is 0. The van der Waals surface area contributed by atoms with Crippen LogP contribution in [0.3, 0.4) is 0 Å². The molecule has 3 heteroatoms. The fourth-order valence-electron chi connectivity index (χ4n) is 1.79. The summed E-state index contributed by atoms with van der Waals surface area (Å²) < 4.78 is 13.5. The van der Waals surface area contributed by atoms with Crippen molar-refractivity contribution >= 4 is 5.69 Å². The number of halogens is 1. The van der Waals surface area contributed by atoms with Gasteiger partial charge in [0.05, 0.1) is 5.69 Å². The molecule has 0 atom stereocenters. The van der Waals surface area contributed by atoms with Crippen LogP contribution in [0.2, 0.25) is 0 Å². The number of anilines is 1. The molecule has 0 saturated heterocycles. The molecule has 2 N–H and O–H groups in total. The van der Waals surface area contributed by atoms with Crippen LogP contribution in [0.25, 0.3) is 0 Å². The number of likely N-dealkylation sites (N-methyl/N-ethyl adjacent to an activating group) is 1. The molecule has 0 amide bonds. The topological polar surface area (TPSA) is 29.3 Å². The first kappa shape index (κ1) is 13.0. The molecule has 0 aliphatic rings. The molecule has 1 aromatic rings. The predicted molar refractivity (Wildman–Crippen MR) is 67.2 cm³/mol. The van der Waals surface area contributed by atoms with Crippen molar-refractivity contribution in [3.63, 3.8) is 0 Å². The summed E-state index contributed by atoms with van der Waals surface area (Å²) in [6, 6.07) is 6.79. The van der Waals surface area contributed by atoms with E-state index in [1.807, 2.05) is 18.0 Å². The number of hydrogen-bond acceptors (Lipinski definition) is 2. The van der Waals surface area contributed by atoms with Crippen LogP contribution in [0.1, 0.15) is 26.7 Å². The molecule has 1 rings (SSSR count). The maximum absolute atomic E-state index is 13.5. The quantitative estimate of drug-likeness (QED) is 0.833. The highest BCUT2D eigenvalue weighted by Crippen LogP contribution is 2.21. The Morgan fingerprint density at radius 3 is 2.31 bits per heavy atom. The third kappa shape index (κ3) is 2.95. The van der Waals surface area contributed by atoms with Gasteiger partial charge >= 0.3 is 0 Å². The van der Waals surface area contributed by atoms with Crippen molar-refractivity contribution in [2.24, 2.45) is 5.73 Å². The summed E-state index contributed by atoms with van der Waals surface area (Å²) in [6.45, 7) is 4.80. The van der Waals surface area contributed by atoms with Crippen LogP contribution < -0.4 is 10.6 Å². The first-order valence-corrected chi connectivity index (χ1v) is 5.77. The summed E-state index contributed by atoms with van der Waals surface area (Å²) in [7, 11) is 1.88. The van der Waals surface area contributed by atoms with E-state index in [4.69, 9.17) is 5.73 Å². The lowest BCUT2D eigenvalue weighted by Gasteiger charge is -2.33. The fraction of sp³-hybridized carbons (Fsp3) is 0.538. The predicted octanol–water partition coefficient (Wildman–Crippen LogP) is 2.78. The van der Waals surface area contributed by atoms with Gasteiger partial charge in [-0.1, -0.05) is 26.0 Å². The lowest BCUT2D eigenvalue weighted by atomic mass is 9.93. The van der Waals surface area contributed by atoms with Gasteiger partial charge in [-0.05, 0) is 25.0 Å². The van der Waals surface area contributed by atoms with Crippen LogP contribution in [0.4, 0.5) is 10.1 Å². The minimum atomic E-state index is -0.239. The molecule has 0 radical (unpaired) electrons. The van der Waals surface area contributed by atoms with Gasteiger partial charge in [0.1, 0.15) is 5.82 Å². The van der Waals surface area contributed by atoms with Gasteiger partial charge in [-0.3, -0.25) is 0 Å². The number of nitrogens with zero attached hydrogens (tertiary/aromatic N) is 1. The molecule has 0 fully saturated rings. The molecule has 2 nitrogen and oxygen atoms in total. The van der Waals surface area contributed by atoms with E-state index in [0.29, 0.717) is 12.2 Å². The average Bonchev–Trinajstić information content (AvgIpc) is 2.29.